The summed E-state index contributed by atoms with van der Waals surface area (Å²) >= 11 is 0. The Bertz CT molecular complexity index is 1540. The van der Waals surface area contributed by atoms with Crippen molar-refractivity contribution < 1.29 is 17.2 Å². The van der Waals surface area contributed by atoms with Gasteiger partial charge in [0, 0.05) is 35.3 Å². The van der Waals surface area contributed by atoms with Gasteiger partial charge in [0.1, 0.15) is 18.2 Å². The minimum atomic E-state index is -2.73. The van der Waals surface area contributed by atoms with Crippen LogP contribution in [0, 0.1) is 27.3 Å². The number of rotatable bonds is 2. The van der Waals surface area contributed by atoms with E-state index < -0.39 is 12.7 Å². The first-order valence-electron chi connectivity index (χ1n) is 12.1. The van der Waals surface area contributed by atoms with E-state index in [9.17, 15) is 0 Å². The lowest BCUT2D eigenvalue weighted by Crippen LogP contribution is -2.35. The second kappa shape index (κ2) is 6.49. The molecule has 0 radical (unpaired) electrons. The SMILES string of the molecule is [2H]c1c(C([2H])(C)C([2H])([2H])[2H])c([2H])c(-c2c(C)cc(C)c3c2oc2cc([N+]#[C-])ccc23)[n+](C)c1C. The van der Waals surface area contributed by atoms with E-state index in [1.807, 2.05) is 26.0 Å². The van der Waals surface area contributed by atoms with Gasteiger partial charge in [-0.15, -0.1) is 0 Å². The van der Waals surface area contributed by atoms with Crippen molar-refractivity contribution in [1.29, 1.82) is 0 Å². The molecule has 0 saturated heterocycles. The van der Waals surface area contributed by atoms with Gasteiger partial charge in [0.25, 0.3) is 0 Å². The summed E-state index contributed by atoms with van der Waals surface area (Å²) in [5.74, 6) is -2.15. The summed E-state index contributed by atoms with van der Waals surface area (Å²) in [5.41, 5.74) is 4.63. The number of furan rings is 1. The summed E-state index contributed by atoms with van der Waals surface area (Å²) in [6.07, 6.45) is 0. The van der Waals surface area contributed by atoms with Crippen LogP contribution in [0.25, 0.3) is 38.0 Å². The van der Waals surface area contributed by atoms with Gasteiger partial charge in [-0.3, -0.25) is 0 Å². The van der Waals surface area contributed by atoms with E-state index in [-0.39, 0.29) is 17.6 Å². The third-order valence-corrected chi connectivity index (χ3v) is 5.25. The van der Waals surface area contributed by atoms with Gasteiger partial charge in [0.15, 0.2) is 11.4 Å². The lowest BCUT2D eigenvalue weighted by atomic mass is 9.94. The summed E-state index contributed by atoms with van der Waals surface area (Å²) in [6, 6.07) is 6.95. The van der Waals surface area contributed by atoms with Crippen molar-refractivity contribution in [3.05, 3.63) is 70.2 Å². The van der Waals surface area contributed by atoms with Gasteiger partial charge in [-0.05, 0) is 42.5 Å². The molecule has 28 heavy (non-hydrogen) atoms. The number of hydrogen-bond donors (Lipinski definition) is 0. The Kier molecular flexibility index (Phi) is 2.87. The highest BCUT2D eigenvalue weighted by molar-refractivity contribution is 6.12. The fourth-order valence-electron chi connectivity index (χ4n) is 3.75. The van der Waals surface area contributed by atoms with Crippen molar-refractivity contribution in [1.82, 2.24) is 0 Å². The van der Waals surface area contributed by atoms with Crippen LogP contribution >= 0.6 is 0 Å². The summed E-state index contributed by atoms with van der Waals surface area (Å²) in [5, 5.41) is 1.70. The Morgan fingerprint density at radius 2 is 2.00 bits per heavy atom. The van der Waals surface area contributed by atoms with Crippen LogP contribution in [-0.2, 0) is 7.05 Å². The molecule has 0 N–H and O–H groups in total. The van der Waals surface area contributed by atoms with Crippen molar-refractivity contribution >= 4 is 27.6 Å². The zero-order chi connectivity index (χ0) is 25.3. The fourth-order valence-corrected chi connectivity index (χ4v) is 3.75. The van der Waals surface area contributed by atoms with Gasteiger partial charge >= 0.3 is 0 Å². The topological polar surface area (TPSA) is 21.4 Å². The van der Waals surface area contributed by atoms with Crippen molar-refractivity contribution in [3.63, 3.8) is 0 Å². The van der Waals surface area contributed by atoms with Crippen LogP contribution < -0.4 is 4.57 Å². The first kappa shape index (κ1) is 12.4. The molecule has 0 amide bonds. The molecular weight excluding hydrogens is 344 g/mol. The molecule has 140 valence electrons. The zero-order valence-corrected chi connectivity index (χ0v) is 16.6. The van der Waals surface area contributed by atoms with Crippen molar-refractivity contribution in [2.24, 2.45) is 7.05 Å². The van der Waals surface area contributed by atoms with Crippen LogP contribution in [0.2, 0.25) is 0 Å². The van der Waals surface area contributed by atoms with E-state index in [0.717, 1.165) is 21.9 Å². The van der Waals surface area contributed by atoms with E-state index in [4.69, 9.17) is 19.2 Å². The second-order valence-corrected chi connectivity index (χ2v) is 7.23. The maximum Gasteiger partial charge on any atom is 0.216 e. The zero-order valence-electron chi connectivity index (χ0n) is 22.6. The average Bonchev–Trinajstić information content (AvgIpc) is 3.12. The van der Waals surface area contributed by atoms with Crippen molar-refractivity contribution in [3.8, 4) is 11.3 Å². The van der Waals surface area contributed by atoms with Crippen LogP contribution in [0.1, 0.15) is 50.3 Å². The molecule has 0 aliphatic rings. The summed E-state index contributed by atoms with van der Waals surface area (Å²) < 4.78 is 58.0. The Balaban J connectivity index is 2.21. The van der Waals surface area contributed by atoms with E-state index in [1.165, 1.54) is 6.92 Å². The minimum absolute atomic E-state index is 0.128. The average molecular weight is 376 g/mol. The van der Waals surface area contributed by atoms with E-state index in [0.29, 0.717) is 33.8 Å². The van der Waals surface area contributed by atoms with Crippen molar-refractivity contribution in [2.45, 2.75) is 40.4 Å². The van der Waals surface area contributed by atoms with Crippen LogP contribution in [0.3, 0.4) is 0 Å². The van der Waals surface area contributed by atoms with Crippen LogP contribution in [-0.4, -0.2) is 0 Å². The number of pyridine rings is 1. The number of benzene rings is 2. The number of aromatic nitrogens is 1. The molecule has 0 bridgehead atoms. The smallest absolute Gasteiger partial charge is 0.216 e. The molecule has 0 fully saturated rings. The first-order valence-corrected chi connectivity index (χ1v) is 9.07. The highest BCUT2D eigenvalue weighted by Crippen LogP contribution is 2.40. The molecule has 3 heteroatoms. The largest absolute Gasteiger partial charge is 0.456 e. The molecule has 1 atom stereocenters. The molecule has 1 unspecified atom stereocenters. The molecular formula is C25H25N2O+. The van der Waals surface area contributed by atoms with Gasteiger partial charge in [-0.25, -0.2) is 4.85 Å². The lowest BCUT2D eigenvalue weighted by molar-refractivity contribution is -0.666. The Morgan fingerprint density at radius 3 is 2.71 bits per heavy atom. The Hall–Kier alpha value is -3.12. The molecule has 0 aliphatic heterocycles. The van der Waals surface area contributed by atoms with E-state index in [2.05, 4.69) is 4.85 Å². The molecule has 2 heterocycles. The quantitative estimate of drug-likeness (QED) is 0.283. The molecule has 4 rings (SSSR count). The molecule has 4 aromatic rings. The molecule has 2 aromatic carbocycles. The van der Waals surface area contributed by atoms with Gasteiger partial charge in [-0.2, -0.15) is 4.57 Å². The summed E-state index contributed by atoms with van der Waals surface area (Å²) in [7, 11) is 1.73. The monoisotopic (exact) mass is 375 g/mol. The number of aryl methyl sites for hydroxylation is 2. The van der Waals surface area contributed by atoms with Gasteiger partial charge in [-0.1, -0.05) is 32.0 Å². The van der Waals surface area contributed by atoms with Crippen molar-refractivity contribution in [2.75, 3.05) is 0 Å². The fraction of sp³-hybridized carbons (Fsp3) is 0.280. The maximum absolute atomic E-state index is 9.03. The summed E-state index contributed by atoms with van der Waals surface area (Å²) in [4.78, 5) is 3.48. The molecule has 0 spiro atoms. The van der Waals surface area contributed by atoms with Gasteiger partial charge in [0.05, 0.1) is 14.9 Å². The molecule has 0 aliphatic carbocycles. The maximum atomic E-state index is 9.03. The highest BCUT2D eigenvalue weighted by Gasteiger charge is 2.24. The second-order valence-electron chi connectivity index (χ2n) is 7.23. The highest BCUT2D eigenvalue weighted by atomic mass is 16.3. The predicted molar refractivity (Wildman–Crippen MR) is 115 cm³/mol. The Morgan fingerprint density at radius 1 is 1.21 bits per heavy atom. The number of fused-ring (bicyclic) bond motifs is 3. The third kappa shape index (κ3) is 2.68. The Labute approximate surface area is 174 Å². The van der Waals surface area contributed by atoms with Gasteiger partial charge < -0.3 is 4.42 Å². The molecule has 3 nitrogen and oxygen atoms in total. The third-order valence-electron chi connectivity index (χ3n) is 5.25. The normalized spacial score (nSPS) is 17.1. The minimum Gasteiger partial charge on any atom is -0.456 e. The van der Waals surface area contributed by atoms with E-state index >= 15 is 0 Å². The lowest BCUT2D eigenvalue weighted by Gasteiger charge is -2.12. The molecule has 0 saturated carbocycles. The van der Waals surface area contributed by atoms with Crippen LogP contribution in [0.4, 0.5) is 5.69 Å². The van der Waals surface area contributed by atoms with Crippen LogP contribution in [0.5, 0.6) is 0 Å². The summed E-state index contributed by atoms with van der Waals surface area (Å²) in [6.45, 7) is 11.4. The first-order chi connectivity index (χ1) is 15.7. The van der Waals surface area contributed by atoms with Gasteiger partial charge in [0.2, 0.25) is 5.69 Å². The van der Waals surface area contributed by atoms with E-state index in [1.54, 1.807) is 30.7 Å². The molecule has 2 aromatic heterocycles. The number of nitrogens with zero attached hydrogens (tertiary/aromatic N) is 2. The predicted octanol–water partition coefficient (Wildman–Crippen LogP) is 6.68. The number of hydrogen-bond acceptors (Lipinski definition) is 1. The standard InChI is InChI=1S/C25H25N2O/c1-14(2)18-11-17(5)27(7)21(12-18)24-16(4)10-15(3)23-20-9-8-19(26-6)13-22(20)28-25(23)24/h8-14H,1-5,7H3/q+1/i1D3,11D,12D,14D. The van der Waals surface area contributed by atoms with Crippen LogP contribution in [0.15, 0.2) is 40.8 Å².